The Morgan fingerprint density at radius 3 is 1.45 bits per heavy atom. The fraction of sp³-hybridized carbons (Fsp3) is 0.250. The van der Waals surface area contributed by atoms with Gasteiger partial charge in [0.2, 0.25) is 0 Å². The van der Waals surface area contributed by atoms with Crippen molar-refractivity contribution in [3.63, 3.8) is 0 Å². The molecule has 4 heteroatoms. The number of benzene rings is 2. The van der Waals surface area contributed by atoms with E-state index in [-0.39, 0.29) is 11.5 Å². The quantitative estimate of drug-likeness (QED) is 0.382. The predicted molar refractivity (Wildman–Crippen MR) is 81.7 cm³/mol. The van der Waals surface area contributed by atoms with Crippen molar-refractivity contribution in [2.24, 2.45) is 0 Å². The van der Waals surface area contributed by atoms with Crippen molar-refractivity contribution in [2.75, 3.05) is 11.5 Å². The van der Waals surface area contributed by atoms with Crippen LogP contribution in [0.1, 0.15) is 24.0 Å². The molecule has 2 aromatic carbocycles. The van der Waals surface area contributed by atoms with E-state index in [1.165, 1.54) is 0 Å². The molecule has 0 fully saturated rings. The summed E-state index contributed by atoms with van der Waals surface area (Å²) >= 11 is 0. The lowest BCUT2D eigenvalue weighted by Gasteiger charge is -2.06. The molecule has 0 aliphatic heterocycles. The van der Waals surface area contributed by atoms with Crippen LogP contribution in [0.4, 0.5) is 11.4 Å². The molecular weight excluding hydrogens is 252 g/mol. The molecule has 0 radical (unpaired) electrons. The molecule has 0 saturated carbocycles. The third-order valence-electron chi connectivity index (χ3n) is 3.36. The van der Waals surface area contributed by atoms with E-state index < -0.39 is 0 Å². The second-order valence-electron chi connectivity index (χ2n) is 4.99. The Labute approximate surface area is 118 Å². The maximum atomic E-state index is 9.36. The van der Waals surface area contributed by atoms with Gasteiger partial charge in [0.25, 0.3) is 0 Å². The van der Waals surface area contributed by atoms with Crippen molar-refractivity contribution < 1.29 is 10.2 Å². The van der Waals surface area contributed by atoms with Crippen LogP contribution >= 0.6 is 0 Å². The van der Waals surface area contributed by atoms with E-state index in [4.69, 9.17) is 11.5 Å². The fourth-order valence-corrected chi connectivity index (χ4v) is 2.18. The lowest BCUT2D eigenvalue weighted by molar-refractivity contribution is 0.477. The van der Waals surface area contributed by atoms with E-state index in [0.29, 0.717) is 11.4 Å². The van der Waals surface area contributed by atoms with E-state index in [2.05, 4.69) is 0 Å². The van der Waals surface area contributed by atoms with E-state index in [1.54, 1.807) is 12.1 Å². The number of aryl methyl sites for hydroxylation is 2. The SMILES string of the molecule is Nc1cc(CCCCc2ccc(O)c(N)c2)ccc1O. The van der Waals surface area contributed by atoms with Crippen LogP contribution in [0.25, 0.3) is 0 Å². The smallest absolute Gasteiger partial charge is 0.138 e. The fourth-order valence-electron chi connectivity index (χ4n) is 2.18. The number of nitrogen functional groups attached to an aromatic ring is 2. The van der Waals surface area contributed by atoms with Crippen LogP contribution in [-0.4, -0.2) is 10.2 Å². The minimum atomic E-state index is 0.133. The van der Waals surface area contributed by atoms with Gasteiger partial charge in [0, 0.05) is 0 Å². The molecule has 2 aromatic rings. The van der Waals surface area contributed by atoms with Gasteiger partial charge in [0.05, 0.1) is 11.4 Å². The number of phenolic OH excluding ortho intramolecular Hbond substituents is 2. The molecule has 0 aliphatic rings. The van der Waals surface area contributed by atoms with Crippen LogP contribution in [0.15, 0.2) is 36.4 Å². The third-order valence-corrected chi connectivity index (χ3v) is 3.36. The number of anilines is 2. The molecule has 6 N–H and O–H groups in total. The van der Waals surface area contributed by atoms with E-state index in [9.17, 15) is 10.2 Å². The highest BCUT2D eigenvalue weighted by molar-refractivity contribution is 5.54. The topological polar surface area (TPSA) is 92.5 Å². The summed E-state index contributed by atoms with van der Waals surface area (Å²) in [7, 11) is 0. The standard InChI is InChI=1S/C16H20N2O2/c17-13-9-11(5-7-15(13)19)3-1-2-4-12-6-8-16(20)14(18)10-12/h5-10,19-20H,1-4,17-18H2. The zero-order valence-electron chi connectivity index (χ0n) is 11.3. The molecule has 2 rings (SSSR count). The summed E-state index contributed by atoms with van der Waals surface area (Å²) in [6.45, 7) is 0. The highest BCUT2D eigenvalue weighted by Crippen LogP contribution is 2.23. The van der Waals surface area contributed by atoms with E-state index in [0.717, 1.165) is 36.8 Å². The van der Waals surface area contributed by atoms with Gasteiger partial charge < -0.3 is 21.7 Å². The summed E-state index contributed by atoms with van der Waals surface area (Å²) < 4.78 is 0. The molecule has 0 amide bonds. The molecule has 0 heterocycles. The molecule has 4 nitrogen and oxygen atoms in total. The van der Waals surface area contributed by atoms with Gasteiger partial charge in [-0.25, -0.2) is 0 Å². The highest BCUT2D eigenvalue weighted by atomic mass is 16.3. The molecule has 0 saturated heterocycles. The molecule has 20 heavy (non-hydrogen) atoms. The summed E-state index contributed by atoms with van der Waals surface area (Å²) in [5.74, 6) is 0.265. The second-order valence-corrected chi connectivity index (χ2v) is 4.99. The Hall–Kier alpha value is -2.36. The Balaban J connectivity index is 1.81. The Kier molecular flexibility index (Phi) is 4.35. The molecule has 0 spiro atoms. The van der Waals surface area contributed by atoms with Gasteiger partial charge in [-0.15, -0.1) is 0 Å². The normalized spacial score (nSPS) is 10.6. The monoisotopic (exact) mass is 272 g/mol. The van der Waals surface area contributed by atoms with Gasteiger partial charge in [-0.2, -0.15) is 0 Å². The minimum absolute atomic E-state index is 0.133. The Bertz CT molecular complexity index is 544. The molecule has 0 atom stereocenters. The highest BCUT2D eigenvalue weighted by Gasteiger charge is 2.01. The van der Waals surface area contributed by atoms with Crippen LogP contribution in [0, 0.1) is 0 Å². The first-order valence-corrected chi connectivity index (χ1v) is 6.71. The van der Waals surface area contributed by atoms with Crippen LogP contribution in [-0.2, 0) is 12.8 Å². The van der Waals surface area contributed by atoms with Crippen LogP contribution in [0.3, 0.4) is 0 Å². The first kappa shape index (κ1) is 14.1. The number of nitrogens with two attached hydrogens (primary N) is 2. The van der Waals surface area contributed by atoms with Gasteiger partial charge in [0.15, 0.2) is 0 Å². The first-order valence-electron chi connectivity index (χ1n) is 6.71. The van der Waals surface area contributed by atoms with Crippen molar-refractivity contribution in [3.05, 3.63) is 47.5 Å². The average Bonchev–Trinajstić information content (AvgIpc) is 2.42. The minimum Gasteiger partial charge on any atom is -0.506 e. The maximum absolute atomic E-state index is 9.36. The van der Waals surface area contributed by atoms with Crippen molar-refractivity contribution >= 4 is 11.4 Å². The molecule has 0 unspecified atom stereocenters. The lowest BCUT2D eigenvalue weighted by atomic mass is 10.0. The number of hydrogen-bond acceptors (Lipinski definition) is 4. The summed E-state index contributed by atoms with van der Waals surface area (Å²) in [5, 5.41) is 18.7. The third kappa shape index (κ3) is 3.57. The summed E-state index contributed by atoms with van der Waals surface area (Å²) in [4.78, 5) is 0. The number of aromatic hydroxyl groups is 2. The van der Waals surface area contributed by atoms with Gasteiger partial charge in [-0.3, -0.25) is 0 Å². The van der Waals surface area contributed by atoms with Crippen molar-refractivity contribution in [1.82, 2.24) is 0 Å². The van der Waals surface area contributed by atoms with Crippen LogP contribution in [0.2, 0.25) is 0 Å². The second kappa shape index (κ2) is 6.19. The largest absolute Gasteiger partial charge is 0.506 e. The predicted octanol–water partition coefficient (Wildman–Crippen LogP) is 2.83. The number of rotatable bonds is 5. The Morgan fingerprint density at radius 1 is 0.700 bits per heavy atom. The van der Waals surface area contributed by atoms with Crippen LogP contribution < -0.4 is 11.5 Å². The van der Waals surface area contributed by atoms with Gasteiger partial charge in [-0.1, -0.05) is 12.1 Å². The van der Waals surface area contributed by atoms with E-state index in [1.807, 2.05) is 24.3 Å². The Morgan fingerprint density at radius 2 is 1.10 bits per heavy atom. The molecular formula is C16H20N2O2. The van der Waals surface area contributed by atoms with Crippen molar-refractivity contribution in [3.8, 4) is 11.5 Å². The summed E-state index contributed by atoms with van der Waals surface area (Å²) in [6, 6.07) is 10.7. The molecule has 0 aromatic heterocycles. The van der Waals surface area contributed by atoms with Gasteiger partial charge in [-0.05, 0) is 61.1 Å². The first-order chi connectivity index (χ1) is 9.56. The number of unbranched alkanes of at least 4 members (excludes halogenated alkanes) is 1. The van der Waals surface area contributed by atoms with Crippen molar-refractivity contribution in [2.45, 2.75) is 25.7 Å². The number of phenols is 2. The average molecular weight is 272 g/mol. The summed E-state index contributed by atoms with van der Waals surface area (Å²) in [6.07, 6.45) is 3.92. The molecule has 0 bridgehead atoms. The van der Waals surface area contributed by atoms with Gasteiger partial charge >= 0.3 is 0 Å². The van der Waals surface area contributed by atoms with E-state index >= 15 is 0 Å². The maximum Gasteiger partial charge on any atom is 0.138 e. The number of hydrogen-bond donors (Lipinski definition) is 4. The summed E-state index contributed by atoms with van der Waals surface area (Å²) in [5.41, 5.74) is 14.4. The lowest BCUT2D eigenvalue weighted by Crippen LogP contribution is -1.93. The van der Waals surface area contributed by atoms with Crippen molar-refractivity contribution in [1.29, 1.82) is 0 Å². The van der Waals surface area contributed by atoms with Gasteiger partial charge in [0.1, 0.15) is 11.5 Å². The van der Waals surface area contributed by atoms with Crippen LogP contribution in [0.5, 0.6) is 11.5 Å². The zero-order valence-corrected chi connectivity index (χ0v) is 11.3. The zero-order chi connectivity index (χ0) is 14.5. The molecule has 106 valence electrons. The molecule has 0 aliphatic carbocycles.